The summed E-state index contributed by atoms with van der Waals surface area (Å²) in [7, 11) is 0. The van der Waals surface area contributed by atoms with Crippen molar-refractivity contribution in [2.75, 3.05) is 11.9 Å². The van der Waals surface area contributed by atoms with Crippen molar-refractivity contribution < 1.29 is 14.3 Å². The van der Waals surface area contributed by atoms with Gasteiger partial charge in [0, 0.05) is 11.3 Å². The zero-order valence-corrected chi connectivity index (χ0v) is 12.2. The standard InChI is InChI=1S/C15H15N3O4/c1-3-22-15(21)11-9(2)16-14(20)12(17-11)18-13(19)10-7-5-4-6-8-10/h4-8H,3H2,1-2H3,(H,16,20)(H,17,18,19). The van der Waals surface area contributed by atoms with Crippen molar-refractivity contribution in [3.8, 4) is 0 Å². The number of esters is 1. The molecule has 0 aliphatic carbocycles. The van der Waals surface area contributed by atoms with Crippen LogP contribution in [0.5, 0.6) is 0 Å². The van der Waals surface area contributed by atoms with Crippen molar-refractivity contribution in [1.82, 2.24) is 9.97 Å². The highest BCUT2D eigenvalue weighted by Gasteiger charge is 2.17. The van der Waals surface area contributed by atoms with Crippen molar-refractivity contribution >= 4 is 17.7 Å². The van der Waals surface area contributed by atoms with Crippen molar-refractivity contribution in [2.24, 2.45) is 0 Å². The number of ether oxygens (including phenoxy) is 1. The van der Waals surface area contributed by atoms with E-state index in [1.165, 1.54) is 6.92 Å². The lowest BCUT2D eigenvalue weighted by Gasteiger charge is -2.08. The molecular formula is C15H15N3O4. The van der Waals surface area contributed by atoms with E-state index in [0.717, 1.165) is 0 Å². The van der Waals surface area contributed by atoms with Crippen LogP contribution >= 0.6 is 0 Å². The molecule has 114 valence electrons. The van der Waals surface area contributed by atoms with Gasteiger partial charge in [-0.2, -0.15) is 0 Å². The number of nitrogens with zero attached hydrogens (tertiary/aromatic N) is 1. The maximum Gasteiger partial charge on any atom is 0.358 e. The van der Waals surface area contributed by atoms with Crippen LogP contribution in [0.1, 0.15) is 33.5 Å². The molecule has 0 saturated carbocycles. The SMILES string of the molecule is CCOC(=O)c1nc(NC(=O)c2ccccc2)c(=O)[nH]c1C. The second-order valence-electron chi connectivity index (χ2n) is 4.43. The first-order valence-corrected chi connectivity index (χ1v) is 6.67. The number of hydrogen-bond acceptors (Lipinski definition) is 5. The Bertz CT molecular complexity index is 753. The van der Waals surface area contributed by atoms with Gasteiger partial charge < -0.3 is 15.0 Å². The van der Waals surface area contributed by atoms with Crippen LogP contribution in [0.3, 0.4) is 0 Å². The molecule has 0 aliphatic rings. The van der Waals surface area contributed by atoms with Crippen molar-refractivity contribution in [3.05, 3.63) is 57.6 Å². The van der Waals surface area contributed by atoms with Crippen molar-refractivity contribution in [1.29, 1.82) is 0 Å². The number of aromatic nitrogens is 2. The fraction of sp³-hybridized carbons (Fsp3) is 0.200. The lowest BCUT2D eigenvalue weighted by Crippen LogP contribution is -2.25. The molecule has 1 amide bonds. The largest absolute Gasteiger partial charge is 0.461 e. The van der Waals surface area contributed by atoms with Gasteiger partial charge in [-0.3, -0.25) is 9.59 Å². The number of carbonyl (C=O) groups excluding carboxylic acids is 2. The third-order valence-electron chi connectivity index (χ3n) is 2.83. The number of anilines is 1. The van der Waals surface area contributed by atoms with Gasteiger partial charge in [-0.1, -0.05) is 18.2 Å². The summed E-state index contributed by atoms with van der Waals surface area (Å²) in [4.78, 5) is 42.0. The van der Waals surface area contributed by atoms with Gasteiger partial charge >= 0.3 is 5.97 Å². The Hall–Kier alpha value is -2.96. The lowest BCUT2D eigenvalue weighted by atomic mass is 10.2. The number of aromatic amines is 1. The van der Waals surface area contributed by atoms with Gasteiger partial charge in [0.2, 0.25) is 0 Å². The Morgan fingerprint density at radius 3 is 2.59 bits per heavy atom. The molecule has 0 spiro atoms. The number of nitrogens with one attached hydrogen (secondary N) is 2. The molecule has 1 aromatic carbocycles. The molecule has 2 aromatic rings. The average Bonchev–Trinajstić information content (AvgIpc) is 2.51. The minimum absolute atomic E-state index is 0.0372. The molecule has 0 bridgehead atoms. The van der Waals surface area contributed by atoms with Crippen LogP contribution in [-0.2, 0) is 4.74 Å². The van der Waals surface area contributed by atoms with E-state index >= 15 is 0 Å². The van der Waals surface area contributed by atoms with E-state index in [0.29, 0.717) is 5.56 Å². The number of rotatable bonds is 4. The summed E-state index contributed by atoms with van der Waals surface area (Å²) in [6.07, 6.45) is 0. The van der Waals surface area contributed by atoms with Gasteiger partial charge in [0.05, 0.1) is 6.61 Å². The zero-order valence-electron chi connectivity index (χ0n) is 12.2. The van der Waals surface area contributed by atoms with E-state index in [1.54, 1.807) is 37.3 Å². The van der Waals surface area contributed by atoms with Gasteiger partial charge in [0.15, 0.2) is 11.5 Å². The quantitative estimate of drug-likeness (QED) is 0.833. The predicted octanol–water partition coefficient (Wildman–Crippen LogP) is 1.51. The molecule has 1 heterocycles. The molecule has 0 aliphatic heterocycles. The first kappa shape index (κ1) is 15.4. The van der Waals surface area contributed by atoms with Crippen LogP contribution in [0.25, 0.3) is 0 Å². The fourth-order valence-electron chi connectivity index (χ4n) is 1.79. The second kappa shape index (κ2) is 6.66. The van der Waals surface area contributed by atoms with Crippen LogP contribution in [-0.4, -0.2) is 28.5 Å². The summed E-state index contributed by atoms with van der Waals surface area (Å²) in [6.45, 7) is 3.38. The van der Waals surface area contributed by atoms with E-state index in [4.69, 9.17) is 4.74 Å². The summed E-state index contributed by atoms with van der Waals surface area (Å²) in [5, 5.41) is 2.39. The summed E-state index contributed by atoms with van der Waals surface area (Å²) in [5.74, 6) is -1.40. The topological polar surface area (TPSA) is 101 Å². The number of H-pyrrole nitrogens is 1. The van der Waals surface area contributed by atoms with Crippen LogP contribution in [0.15, 0.2) is 35.1 Å². The monoisotopic (exact) mass is 301 g/mol. The number of aryl methyl sites for hydroxylation is 1. The Morgan fingerprint density at radius 1 is 1.27 bits per heavy atom. The minimum Gasteiger partial charge on any atom is -0.461 e. The third kappa shape index (κ3) is 3.38. The Labute approximate surface area is 126 Å². The highest BCUT2D eigenvalue weighted by atomic mass is 16.5. The Morgan fingerprint density at radius 2 is 1.95 bits per heavy atom. The number of amides is 1. The van der Waals surface area contributed by atoms with E-state index in [-0.39, 0.29) is 23.8 Å². The van der Waals surface area contributed by atoms with Gasteiger partial charge in [0.1, 0.15) is 0 Å². The van der Waals surface area contributed by atoms with E-state index in [1.807, 2.05) is 0 Å². The zero-order chi connectivity index (χ0) is 16.1. The van der Waals surface area contributed by atoms with Gasteiger partial charge in [-0.25, -0.2) is 9.78 Å². The maximum absolute atomic E-state index is 12.0. The molecule has 2 N–H and O–H groups in total. The Balaban J connectivity index is 2.31. The molecule has 22 heavy (non-hydrogen) atoms. The molecule has 0 unspecified atom stereocenters. The fourth-order valence-corrected chi connectivity index (χ4v) is 1.79. The van der Waals surface area contributed by atoms with E-state index in [2.05, 4.69) is 15.3 Å². The molecular weight excluding hydrogens is 286 g/mol. The summed E-state index contributed by atoms with van der Waals surface area (Å²) in [6, 6.07) is 8.37. The number of carbonyl (C=O) groups is 2. The van der Waals surface area contributed by atoms with Gasteiger partial charge in [0.25, 0.3) is 11.5 Å². The summed E-state index contributed by atoms with van der Waals surface area (Å²) >= 11 is 0. The highest BCUT2D eigenvalue weighted by Crippen LogP contribution is 2.07. The molecule has 7 nitrogen and oxygen atoms in total. The van der Waals surface area contributed by atoms with Crippen LogP contribution in [0, 0.1) is 6.92 Å². The molecule has 0 saturated heterocycles. The molecule has 0 fully saturated rings. The lowest BCUT2D eigenvalue weighted by molar-refractivity contribution is 0.0517. The highest BCUT2D eigenvalue weighted by molar-refractivity contribution is 6.03. The van der Waals surface area contributed by atoms with Crippen LogP contribution < -0.4 is 10.9 Å². The van der Waals surface area contributed by atoms with E-state index in [9.17, 15) is 14.4 Å². The molecule has 2 rings (SSSR count). The van der Waals surface area contributed by atoms with Crippen LogP contribution in [0.4, 0.5) is 5.82 Å². The maximum atomic E-state index is 12.0. The molecule has 1 aromatic heterocycles. The van der Waals surface area contributed by atoms with E-state index < -0.39 is 17.4 Å². The second-order valence-corrected chi connectivity index (χ2v) is 4.43. The predicted molar refractivity (Wildman–Crippen MR) is 79.9 cm³/mol. The smallest absolute Gasteiger partial charge is 0.358 e. The number of benzene rings is 1. The molecule has 7 heteroatoms. The van der Waals surface area contributed by atoms with Gasteiger partial charge in [-0.05, 0) is 26.0 Å². The molecule has 0 radical (unpaired) electrons. The molecule has 0 atom stereocenters. The van der Waals surface area contributed by atoms with Crippen molar-refractivity contribution in [3.63, 3.8) is 0 Å². The first-order chi connectivity index (χ1) is 10.5. The van der Waals surface area contributed by atoms with Crippen LogP contribution in [0.2, 0.25) is 0 Å². The summed E-state index contributed by atoms with van der Waals surface area (Å²) in [5.41, 5.74) is 0.0303. The minimum atomic E-state index is -0.661. The Kier molecular flexibility index (Phi) is 4.67. The third-order valence-corrected chi connectivity index (χ3v) is 2.83. The van der Waals surface area contributed by atoms with Crippen molar-refractivity contribution in [2.45, 2.75) is 13.8 Å². The average molecular weight is 301 g/mol. The normalized spacial score (nSPS) is 10.1. The van der Waals surface area contributed by atoms with Gasteiger partial charge in [-0.15, -0.1) is 0 Å². The first-order valence-electron chi connectivity index (χ1n) is 6.67. The number of hydrogen-bond donors (Lipinski definition) is 2. The summed E-state index contributed by atoms with van der Waals surface area (Å²) < 4.78 is 4.86.